The number of rotatable bonds is 4. The lowest BCUT2D eigenvalue weighted by atomic mass is 10.0. The van der Waals surface area contributed by atoms with E-state index in [-0.39, 0.29) is 0 Å². The maximum atomic E-state index is 5.70. The number of hydrogen-bond acceptors (Lipinski definition) is 1. The smallest absolute Gasteiger partial charge is 0.0736 e. The van der Waals surface area contributed by atoms with Crippen molar-refractivity contribution >= 4 is 11.6 Å². The van der Waals surface area contributed by atoms with Crippen LogP contribution < -0.4 is 0 Å². The fourth-order valence-electron chi connectivity index (χ4n) is 1.34. The quantitative estimate of drug-likeness (QED) is 0.547. The van der Waals surface area contributed by atoms with Crippen molar-refractivity contribution in [3.8, 4) is 0 Å². The van der Waals surface area contributed by atoms with Gasteiger partial charge in [0.1, 0.15) is 0 Å². The molecule has 78 valence electrons. The topological polar surface area (TPSA) is 3.24 Å². The van der Waals surface area contributed by atoms with Crippen molar-refractivity contribution in [3.05, 3.63) is 34.9 Å². The molecule has 1 rings (SSSR count). The van der Waals surface area contributed by atoms with E-state index >= 15 is 0 Å². The van der Waals surface area contributed by atoms with Crippen molar-refractivity contribution < 1.29 is 0 Å². The van der Waals surface area contributed by atoms with Crippen LogP contribution in [-0.4, -0.2) is 24.5 Å². The molecular weight excluding hydrogens is 194 g/mol. The van der Waals surface area contributed by atoms with Gasteiger partial charge >= 0.3 is 0 Å². The standard InChI is InChI=1S/C12H18ClN/c1-10-4-5-12(8-11(10)2)6-7-14(3)9-13/h4-5,8H,6-7,9H2,1-3H3. The Bertz CT molecular complexity index is 296. The van der Waals surface area contributed by atoms with Crippen LogP contribution in [-0.2, 0) is 6.42 Å². The number of halogens is 1. The molecule has 0 spiro atoms. The predicted octanol–water partition coefficient (Wildman–Crippen LogP) is 2.97. The molecule has 14 heavy (non-hydrogen) atoms. The lowest BCUT2D eigenvalue weighted by molar-refractivity contribution is 0.394. The molecule has 0 amide bonds. The van der Waals surface area contributed by atoms with Crippen molar-refractivity contribution in [2.75, 3.05) is 19.6 Å². The molecule has 0 radical (unpaired) electrons. The first-order valence-corrected chi connectivity index (χ1v) is 5.47. The minimum absolute atomic E-state index is 0.602. The van der Waals surface area contributed by atoms with Crippen LogP contribution in [0.2, 0.25) is 0 Å². The third kappa shape index (κ3) is 3.32. The molecule has 0 bridgehead atoms. The summed E-state index contributed by atoms with van der Waals surface area (Å²) in [7, 11) is 2.04. The monoisotopic (exact) mass is 211 g/mol. The molecule has 1 aromatic rings. The van der Waals surface area contributed by atoms with E-state index in [0.717, 1.165) is 13.0 Å². The summed E-state index contributed by atoms with van der Waals surface area (Å²) in [6.07, 6.45) is 1.07. The summed E-state index contributed by atoms with van der Waals surface area (Å²) in [4.78, 5) is 2.11. The molecule has 0 atom stereocenters. The highest BCUT2D eigenvalue weighted by Gasteiger charge is 1.99. The second-order valence-electron chi connectivity index (χ2n) is 3.87. The number of likely N-dealkylation sites (N-methyl/N-ethyl adjacent to an activating group) is 1. The minimum atomic E-state index is 0.602. The summed E-state index contributed by atoms with van der Waals surface area (Å²) in [6.45, 7) is 5.32. The fraction of sp³-hybridized carbons (Fsp3) is 0.500. The second-order valence-corrected chi connectivity index (χ2v) is 4.11. The first kappa shape index (κ1) is 11.5. The summed E-state index contributed by atoms with van der Waals surface area (Å²) < 4.78 is 0. The van der Waals surface area contributed by atoms with E-state index < -0.39 is 0 Å². The van der Waals surface area contributed by atoms with E-state index in [4.69, 9.17) is 11.6 Å². The second kappa shape index (κ2) is 5.38. The van der Waals surface area contributed by atoms with Gasteiger partial charge in [0.25, 0.3) is 0 Å². The molecule has 0 aliphatic rings. The highest BCUT2D eigenvalue weighted by atomic mass is 35.5. The van der Waals surface area contributed by atoms with Gasteiger partial charge in [0, 0.05) is 6.54 Å². The molecule has 0 unspecified atom stereocenters. The van der Waals surface area contributed by atoms with Crippen LogP contribution in [0.15, 0.2) is 18.2 Å². The van der Waals surface area contributed by atoms with E-state index in [1.807, 2.05) is 7.05 Å². The van der Waals surface area contributed by atoms with Crippen LogP contribution >= 0.6 is 11.6 Å². The van der Waals surface area contributed by atoms with Gasteiger partial charge in [-0.25, -0.2) is 0 Å². The number of alkyl halides is 1. The van der Waals surface area contributed by atoms with Crippen LogP contribution in [0, 0.1) is 13.8 Å². The van der Waals surface area contributed by atoms with Crippen molar-refractivity contribution in [2.24, 2.45) is 0 Å². The Morgan fingerprint density at radius 2 is 1.93 bits per heavy atom. The van der Waals surface area contributed by atoms with Gasteiger partial charge in [-0.05, 0) is 44.0 Å². The Hall–Kier alpha value is -0.530. The molecule has 0 saturated heterocycles. The third-order valence-electron chi connectivity index (χ3n) is 2.56. The van der Waals surface area contributed by atoms with Gasteiger partial charge in [0.2, 0.25) is 0 Å². The van der Waals surface area contributed by atoms with E-state index in [0.29, 0.717) is 6.00 Å². The van der Waals surface area contributed by atoms with Crippen LogP contribution in [0.1, 0.15) is 16.7 Å². The lowest BCUT2D eigenvalue weighted by Gasteiger charge is -2.12. The maximum Gasteiger partial charge on any atom is 0.0736 e. The van der Waals surface area contributed by atoms with E-state index in [1.54, 1.807) is 0 Å². The minimum Gasteiger partial charge on any atom is -0.293 e. The van der Waals surface area contributed by atoms with Crippen LogP contribution in [0.5, 0.6) is 0 Å². The molecule has 1 nitrogen and oxygen atoms in total. The Morgan fingerprint density at radius 1 is 1.21 bits per heavy atom. The number of benzene rings is 1. The molecule has 0 saturated carbocycles. The van der Waals surface area contributed by atoms with Gasteiger partial charge in [-0.3, -0.25) is 4.90 Å². The Balaban J connectivity index is 2.55. The fourth-order valence-corrected chi connectivity index (χ4v) is 1.46. The average Bonchev–Trinajstić information content (AvgIpc) is 2.19. The number of aryl methyl sites for hydroxylation is 2. The van der Waals surface area contributed by atoms with Crippen molar-refractivity contribution in [3.63, 3.8) is 0 Å². The normalized spacial score (nSPS) is 10.9. The third-order valence-corrected chi connectivity index (χ3v) is 2.97. The summed E-state index contributed by atoms with van der Waals surface area (Å²) >= 11 is 5.70. The van der Waals surface area contributed by atoms with Gasteiger partial charge in [0.15, 0.2) is 0 Å². The number of hydrogen-bond donors (Lipinski definition) is 0. The van der Waals surface area contributed by atoms with Gasteiger partial charge in [-0.1, -0.05) is 18.2 Å². The SMILES string of the molecule is Cc1ccc(CCN(C)CCl)cc1C. The zero-order chi connectivity index (χ0) is 10.6. The summed E-state index contributed by atoms with van der Waals surface area (Å²) in [5.74, 6) is 0. The van der Waals surface area contributed by atoms with E-state index in [9.17, 15) is 0 Å². The first-order chi connectivity index (χ1) is 6.63. The maximum absolute atomic E-state index is 5.70. The summed E-state index contributed by atoms with van der Waals surface area (Å²) in [5, 5.41) is 0. The van der Waals surface area contributed by atoms with Gasteiger partial charge in [-0.2, -0.15) is 0 Å². The molecule has 0 heterocycles. The summed E-state index contributed by atoms with van der Waals surface area (Å²) in [5.41, 5.74) is 4.13. The zero-order valence-electron chi connectivity index (χ0n) is 9.18. The Kier molecular flexibility index (Phi) is 4.43. The predicted molar refractivity (Wildman–Crippen MR) is 63.0 cm³/mol. The van der Waals surface area contributed by atoms with E-state index in [2.05, 4.69) is 36.9 Å². The largest absolute Gasteiger partial charge is 0.293 e. The Labute approximate surface area is 91.7 Å². The molecular formula is C12H18ClN. The summed E-state index contributed by atoms with van der Waals surface area (Å²) in [6, 6.07) is 7.25. The van der Waals surface area contributed by atoms with Gasteiger partial charge < -0.3 is 0 Å². The Morgan fingerprint density at radius 3 is 2.50 bits per heavy atom. The van der Waals surface area contributed by atoms with Crippen molar-refractivity contribution in [1.82, 2.24) is 4.90 Å². The lowest BCUT2D eigenvalue weighted by Crippen LogP contribution is -2.19. The highest BCUT2D eigenvalue weighted by molar-refractivity contribution is 6.17. The van der Waals surface area contributed by atoms with Crippen molar-refractivity contribution in [2.45, 2.75) is 20.3 Å². The van der Waals surface area contributed by atoms with Crippen LogP contribution in [0.3, 0.4) is 0 Å². The van der Waals surface area contributed by atoms with Gasteiger partial charge in [0.05, 0.1) is 6.00 Å². The van der Waals surface area contributed by atoms with Crippen LogP contribution in [0.4, 0.5) is 0 Å². The van der Waals surface area contributed by atoms with Gasteiger partial charge in [-0.15, -0.1) is 11.6 Å². The van der Waals surface area contributed by atoms with Crippen LogP contribution in [0.25, 0.3) is 0 Å². The molecule has 2 heteroatoms. The molecule has 1 aromatic carbocycles. The average molecular weight is 212 g/mol. The highest BCUT2D eigenvalue weighted by Crippen LogP contribution is 2.10. The van der Waals surface area contributed by atoms with Crippen molar-refractivity contribution in [1.29, 1.82) is 0 Å². The number of nitrogens with zero attached hydrogens (tertiary/aromatic N) is 1. The molecule has 0 aliphatic carbocycles. The first-order valence-electron chi connectivity index (χ1n) is 4.94. The molecule has 0 aliphatic heterocycles. The molecule has 0 aromatic heterocycles. The van der Waals surface area contributed by atoms with E-state index in [1.165, 1.54) is 16.7 Å². The molecule has 0 N–H and O–H groups in total. The zero-order valence-corrected chi connectivity index (χ0v) is 9.93. The molecule has 0 fully saturated rings.